The van der Waals surface area contributed by atoms with Crippen LogP contribution >= 0.6 is 0 Å². The zero-order valence-corrected chi connectivity index (χ0v) is 14.1. The minimum Gasteiger partial charge on any atom is -0.350 e. The van der Waals surface area contributed by atoms with Gasteiger partial charge in [0.25, 0.3) is 5.91 Å². The normalized spacial score (nSPS) is 11.0. The van der Waals surface area contributed by atoms with Gasteiger partial charge >= 0.3 is 0 Å². The molecule has 0 spiro atoms. The molecule has 0 atom stereocenters. The van der Waals surface area contributed by atoms with Crippen LogP contribution in [0.2, 0.25) is 0 Å². The molecule has 2 aromatic heterocycles. The highest BCUT2D eigenvalue weighted by atomic mass is 16.2. The zero-order valence-electron chi connectivity index (χ0n) is 14.1. The number of aryl methyl sites for hydroxylation is 2. The maximum Gasteiger partial charge on any atom is 0.273 e. The van der Waals surface area contributed by atoms with Crippen LogP contribution < -0.4 is 5.32 Å². The van der Waals surface area contributed by atoms with Gasteiger partial charge in [0.2, 0.25) is 0 Å². The van der Waals surface area contributed by atoms with Gasteiger partial charge in [0.05, 0.1) is 11.4 Å². The summed E-state index contributed by atoms with van der Waals surface area (Å²) in [6.45, 7) is 0. The first-order chi connectivity index (χ1) is 12.1. The fraction of sp³-hybridized carbons (Fsp3) is 0.100. The summed E-state index contributed by atoms with van der Waals surface area (Å²) in [4.78, 5) is 12.8. The second kappa shape index (κ2) is 5.94. The molecule has 0 fully saturated rings. The van der Waals surface area contributed by atoms with Crippen molar-refractivity contribution >= 4 is 22.5 Å². The molecule has 2 heterocycles. The van der Waals surface area contributed by atoms with E-state index >= 15 is 0 Å². The molecule has 5 heteroatoms. The van der Waals surface area contributed by atoms with Gasteiger partial charge in [-0.25, -0.2) is 0 Å². The molecule has 0 aliphatic heterocycles. The lowest BCUT2D eigenvalue weighted by molar-refractivity contribution is 0.101. The quantitative estimate of drug-likeness (QED) is 0.621. The van der Waals surface area contributed by atoms with Crippen molar-refractivity contribution in [2.75, 3.05) is 5.32 Å². The summed E-state index contributed by atoms with van der Waals surface area (Å²) < 4.78 is 3.64. The third kappa shape index (κ3) is 2.70. The third-order valence-corrected chi connectivity index (χ3v) is 4.36. The lowest BCUT2D eigenvalue weighted by Gasteiger charge is -2.07. The lowest BCUT2D eigenvalue weighted by Crippen LogP contribution is -2.16. The van der Waals surface area contributed by atoms with Crippen molar-refractivity contribution in [3.8, 4) is 11.3 Å². The Kier molecular flexibility index (Phi) is 3.61. The first kappa shape index (κ1) is 15.2. The number of amides is 1. The van der Waals surface area contributed by atoms with Crippen molar-refractivity contribution < 1.29 is 4.79 Å². The van der Waals surface area contributed by atoms with Gasteiger partial charge in [-0.15, -0.1) is 0 Å². The number of hydrogen-bond acceptors (Lipinski definition) is 2. The summed E-state index contributed by atoms with van der Waals surface area (Å²) in [6.07, 6.45) is 1.98. The van der Waals surface area contributed by atoms with Crippen LogP contribution in [-0.2, 0) is 14.1 Å². The number of nitrogens with one attached hydrogen (secondary N) is 1. The van der Waals surface area contributed by atoms with Crippen molar-refractivity contribution in [1.82, 2.24) is 14.3 Å². The average molecular weight is 330 g/mol. The maximum absolute atomic E-state index is 12.8. The van der Waals surface area contributed by atoms with Gasteiger partial charge in [-0.1, -0.05) is 36.4 Å². The highest BCUT2D eigenvalue weighted by molar-refractivity contribution is 6.08. The van der Waals surface area contributed by atoms with Gasteiger partial charge in [0.15, 0.2) is 0 Å². The van der Waals surface area contributed by atoms with E-state index in [0.717, 1.165) is 27.8 Å². The Morgan fingerprint density at radius 3 is 2.60 bits per heavy atom. The number of carbonyl (C=O) groups is 1. The highest BCUT2D eigenvalue weighted by Gasteiger charge is 2.15. The van der Waals surface area contributed by atoms with E-state index in [0.29, 0.717) is 5.69 Å². The molecule has 1 amide bonds. The van der Waals surface area contributed by atoms with E-state index in [4.69, 9.17) is 0 Å². The van der Waals surface area contributed by atoms with Crippen molar-refractivity contribution in [3.63, 3.8) is 0 Å². The SMILES string of the molecule is Cn1nc(-c2ccccc2)cc1C(=O)Nc1cccc2c1ccn2C. The Labute approximate surface area is 145 Å². The molecular weight excluding hydrogens is 312 g/mol. The Balaban J connectivity index is 1.66. The zero-order chi connectivity index (χ0) is 17.4. The molecule has 1 N–H and O–H groups in total. The van der Waals surface area contributed by atoms with Gasteiger partial charge < -0.3 is 9.88 Å². The van der Waals surface area contributed by atoms with Crippen molar-refractivity contribution in [2.45, 2.75) is 0 Å². The maximum atomic E-state index is 12.8. The molecule has 5 nitrogen and oxygen atoms in total. The Bertz CT molecular complexity index is 1060. The Hall–Kier alpha value is -3.34. The topological polar surface area (TPSA) is 51.9 Å². The fourth-order valence-electron chi connectivity index (χ4n) is 3.03. The number of fused-ring (bicyclic) bond motifs is 1. The standard InChI is InChI=1S/C20H18N4O/c1-23-12-11-15-16(9-6-10-18(15)23)21-20(25)19-13-17(22-24(19)2)14-7-4-3-5-8-14/h3-13H,1-2H3,(H,21,25). The average Bonchev–Trinajstić information content (AvgIpc) is 3.20. The van der Waals surface area contributed by atoms with Crippen LogP contribution in [0, 0.1) is 0 Å². The van der Waals surface area contributed by atoms with Crippen LogP contribution in [0.25, 0.3) is 22.2 Å². The van der Waals surface area contributed by atoms with Crippen molar-refractivity contribution in [3.05, 3.63) is 72.6 Å². The summed E-state index contributed by atoms with van der Waals surface area (Å²) in [7, 11) is 3.77. The second-order valence-electron chi connectivity index (χ2n) is 6.02. The van der Waals surface area contributed by atoms with E-state index in [1.54, 1.807) is 11.7 Å². The molecule has 4 rings (SSSR count). The van der Waals surface area contributed by atoms with Crippen molar-refractivity contribution in [2.24, 2.45) is 14.1 Å². The minimum absolute atomic E-state index is 0.173. The Morgan fingerprint density at radius 2 is 1.80 bits per heavy atom. The number of benzene rings is 2. The summed E-state index contributed by atoms with van der Waals surface area (Å²) in [5.41, 5.74) is 4.17. The number of aromatic nitrogens is 3. The van der Waals surface area contributed by atoms with Crippen LogP contribution in [0.4, 0.5) is 5.69 Å². The monoisotopic (exact) mass is 330 g/mol. The molecule has 0 aliphatic carbocycles. The smallest absolute Gasteiger partial charge is 0.273 e. The predicted molar refractivity (Wildman–Crippen MR) is 99.5 cm³/mol. The molecule has 0 saturated carbocycles. The molecule has 0 radical (unpaired) electrons. The first-order valence-electron chi connectivity index (χ1n) is 8.08. The fourth-order valence-corrected chi connectivity index (χ4v) is 3.03. The molecule has 0 aliphatic rings. The van der Waals surface area contributed by atoms with E-state index in [1.165, 1.54) is 0 Å². The van der Waals surface area contributed by atoms with Crippen LogP contribution in [-0.4, -0.2) is 20.3 Å². The van der Waals surface area contributed by atoms with Crippen LogP contribution in [0.15, 0.2) is 66.9 Å². The van der Waals surface area contributed by atoms with Gasteiger partial charge in [-0.05, 0) is 24.3 Å². The number of anilines is 1. The van der Waals surface area contributed by atoms with E-state index < -0.39 is 0 Å². The summed E-state index contributed by atoms with van der Waals surface area (Å²) in [5.74, 6) is -0.173. The minimum atomic E-state index is -0.173. The molecular formula is C20H18N4O. The summed E-state index contributed by atoms with van der Waals surface area (Å²) >= 11 is 0. The van der Waals surface area contributed by atoms with Gasteiger partial charge in [-0.2, -0.15) is 5.10 Å². The number of rotatable bonds is 3. The first-order valence-corrected chi connectivity index (χ1v) is 8.08. The van der Waals surface area contributed by atoms with Crippen LogP contribution in [0.5, 0.6) is 0 Å². The summed E-state index contributed by atoms with van der Waals surface area (Å²) in [5, 5.41) is 8.49. The van der Waals surface area contributed by atoms with E-state index in [1.807, 2.05) is 78.5 Å². The van der Waals surface area contributed by atoms with Crippen LogP contribution in [0.3, 0.4) is 0 Å². The largest absolute Gasteiger partial charge is 0.350 e. The molecule has 124 valence electrons. The predicted octanol–water partition coefficient (Wildman–Crippen LogP) is 3.83. The van der Waals surface area contributed by atoms with E-state index in [2.05, 4.69) is 10.4 Å². The van der Waals surface area contributed by atoms with Gasteiger partial charge in [0.1, 0.15) is 5.69 Å². The second-order valence-corrected chi connectivity index (χ2v) is 6.02. The molecule has 25 heavy (non-hydrogen) atoms. The number of hydrogen-bond donors (Lipinski definition) is 1. The molecule has 2 aromatic carbocycles. The molecule has 0 bridgehead atoms. The van der Waals surface area contributed by atoms with Crippen molar-refractivity contribution in [1.29, 1.82) is 0 Å². The molecule has 0 unspecified atom stereocenters. The van der Waals surface area contributed by atoms with Gasteiger partial charge in [0, 0.05) is 36.8 Å². The molecule has 4 aromatic rings. The highest BCUT2D eigenvalue weighted by Crippen LogP contribution is 2.25. The Morgan fingerprint density at radius 1 is 1.00 bits per heavy atom. The van der Waals surface area contributed by atoms with Crippen LogP contribution in [0.1, 0.15) is 10.5 Å². The molecule has 0 saturated heterocycles. The lowest BCUT2D eigenvalue weighted by atomic mass is 10.1. The third-order valence-electron chi connectivity index (χ3n) is 4.36. The van der Waals surface area contributed by atoms with E-state index in [9.17, 15) is 4.79 Å². The summed E-state index contributed by atoms with van der Waals surface area (Å²) in [6, 6.07) is 19.5. The number of carbonyl (C=O) groups excluding carboxylic acids is 1. The van der Waals surface area contributed by atoms with E-state index in [-0.39, 0.29) is 5.91 Å². The van der Waals surface area contributed by atoms with Gasteiger partial charge in [-0.3, -0.25) is 9.48 Å². The number of nitrogens with zero attached hydrogens (tertiary/aromatic N) is 3.